The number of nitrogens with one attached hydrogen (secondary N) is 2. The predicted octanol–water partition coefficient (Wildman–Crippen LogP) is 4.57. The summed E-state index contributed by atoms with van der Waals surface area (Å²) in [5.74, 6) is -0.783. The number of fused-ring (bicyclic) bond motifs is 2. The second kappa shape index (κ2) is 6.15. The van der Waals surface area contributed by atoms with Crippen LogP contribution >= 0.6 is 0 Å². The first-order valence-electron chi connectivity index (χ1n) is 9.13. The molecule has 1 unspecified atom stereocenters. The number of carbonyl (C=O) groups is 1. The summed E-state index contributed by atoms with van der Waals surface area (Å²) >= 11 is 0. The molecule has 5 nitrogen and oxygen atoms in total. The maximum Gasteiger partial charge on any atom is 0.224 e. The Labute approximate surface area is 158 Å². The van der Waals surface area contributed by atoms with Crippen molar-refractivity contribution in [2.45, 2.75) is 25.3 Å². The van der Waals surface area contributed by atoms with E-state index < -0.39 is 17.7 Å². The predicted molar refractivity (Wildman–Crippen MR) is 99.6 cm³/mol. The highest BCUT2D eigenvalue weighted by atomic mass is 19.2. The Morgan fingerprint density at radius 2 is 2.04 bits per heavy atom. The molecule has 28 heavy (non-hydrogen) atoms. The van der Waals surface area contributed by atoms with E-state index in [1.54, 1.807) is 13.0 Å². The summed E-state index contributed by atoms with van der Waals surface area (Å²) < 4.78 is 32.3. The first-order valence-corrected chi connectivity index (χ1v) is 9.13. The molecule has 1 amide bonds. The van der Waals surface area contributed by atoms with Gasteiger partial charge in [0.25, 0.3) is 0 Å². The minimum atomic E-state index is -0.961. The molecule has 1 saturated carbocycles. The first-order chi connectivity index (χ1) is 13.5. The zero-order chi connectivity index (χ0) is 19.4. The van der Waals surface area contributed by atoms with Crippen LogP contribution in [0.5, 0.6) is 0 Å². The molecule has 2 N–H and O–H groups in total. The number of hydrogen-bond donors (Lipinski definition) is 2. The van der Waals surface area contributed by atoms with Crippen molar-refractivity contribution in [1.29, 1.82) is 0 Å². The lowest BCUT2D eigenvalue weighted by Crippen LogP contribution is -2.28. The third-order valence-electron chi connectivity index (χ3n) is 5.25. The number of benzene rings is 2. The number of aromatic amines is 1. The number of furan rings is 1. The third-order valence-corrected chi connectivity index (χ3v) is 5.25. The molecule has 2 aromatic heterocycles. The Bertz CT molecular complexity index is 1140. The van der Waals surface area contributed by atoms with Crippen LogP contribution in [0.15, 0.2) is 46.9 Å². The molecule has 1 aliphatic carbocycles. The van der Waals surface area contributed by atoms with Crippen molar-refractivity contribution in [1.82, 2.24) is 15.3 Å². The van der Waals surface area contributed by atoms with E-state index >= 15 is 0 Å². The second-order valence-corrected chi connectivity index (χ2v) is 7.27. The summed E-state index contributed by atoms with van der Waals surface area (Å²) in [5.41, 5.74) is 2.10. The zero-order valence-electron chi connectivity index (χ0n) is 15.0. The fourth-order valence-electron chi connectivity index (χ4n) is 3.59. The van der Waals surface area contributed by atoms with Gasteiger partial charge in [-0.1, -0.05) is 12.1 Å². The monoisotopic (exact) mass is 381 g/mol. The van der Waals surface area contributed by atoms with Gasteiger partial charge < -0.3 is 14.7 Å². The number of amides is 1. The van der Waals surface area contributed by atoms with Gasteiger partial charge in [-0.15, -0.1) is 0 Å². The molecule has 0 radical (unpaired) electrons. The summed E-state index contributed by atoms with van der Waals surface area (Å²) in [4.78, 5) is 20.4. The molecule has 3 atom stereocenters. The molecule has 2 aromatic carbocycles. The summed E-state index contributed by atoms with van der Waals surface area (Å²) in [6.45, 7) is 1.78. The first kappa shape index (κ1) is 16.9. The number of imidazole rings is 1. The molecule has 7 heteroatoms. The molecule has 5 rings (SSSR count). The Balaban J connectivity index is 1.29. The van der Waals surface area contributed by atoms with E-state index in [2.05, 4.69) is 15.3 Å². The smallest absolute Gasteiger partial charge is 0.224 e. The lowest BCUT2D eigenvalue weighted by molar-refractivity contribution is -0.123. The fraction of sp³-hybridized carbons (Fsp3) is 0.238. The summed E-state index contributed by atoms with van der Waals surface area (Å²) in [7, 11) is 0. The van der Waals surface area contributed by atoms with E-state index in [9.17, 15) is 13.6 Å². The van der Waals surface area contributed by atoms with Gasteiger partial charge in [0.1, 0.15) is 17.2 Å². The quantitative estimate of drug-likeness (QED) is 0.544. The van der Waals surface area contributed by atoms with Gasteiger partial charge >= 0.3 is 0 Å². The minimum Gasteiger partial charge on any atom is -0.459 e. The van der Waals surface area contributed by atoms with E-state index in [0.717, 1.165) is 35.4 Å². The van der Waals surface area contributed by atoms with Crippen LogP contribution < -0.4 is 5.32 Å². The van der Waals surface area contributed by atoms with Crippen molar-refractivity contribution >= 4 is 27.9 Å². The molecule has 0 aliphatic heterocycles. The molecule has 142 valence electrons. The van der Waals surface area contributed by atoms with Crippen molar-refractivity contribution in [2.24, 2.45) is 5.92 Å². The molecule has 1 aliphatic rings. The van der Waals surface area contributed by atoms with Gasteiger partial charge in [0.05, 0.1) is 17.1 Å². The van der Waals surface area contributed by atoms with E-state index in [4.69, 9.17) is 4.42 Å². The number of hydrogen-bond acceptors (Lipinski definition) is 3. The van der Waals surface area contributed by atoms with Crippen LogP contribution in [0.1, 0.15) is 36.9 Å². The van der Waals surface area contributed by atoms with Crippen LogP contribution in [0.25, 0.3) is 22.0 Å². The van der Waals surface area contributed by atoms with Crippen LogP contribution in [0.3, 0.4) is 0 Å². The molecular formula is C21H17F2N3O2. The van der Waals surface area contributed by atoms with E-state index in [-0.39, 0.29) is 23.3 Å². The van der Waals surface area contributed by atoms with Crippen molar-refractivity contribution in [3.8, 4) is 0 Å². The summed E-state index contributed by atoms with van der Waals surface area (Å²) in [6, 6.07) is 11.1. The Morgan fingerprint density at radius 3 is 2.86 bits per heavy atom. The maximum atomic E-state index is 13.4. The SMILES string of the molecule is C[C@@H](NC(=O)C1C[C@@H]1c1nc2ccccc2[nH]1)c1cc2cc(F)c(F)cc2o1. The normalized spacial score (nSPS) is 19.8. The van der Waals surface area contributed by atoms with Crippen molar-refractivity contribution in [3.63, 3.8) is 0 Å². The van der Waals surface area contributed by atoms with Gasteiger partial charge in [0.15, 0.2) is 11.6 Å². The van der Waals surface area contributed by atoms with Crippen LogP contribution in [0.2, 0.25) is 0 Å². The lowest BCUT2D eigenvalue weighted by atomic mass is 10.2. The van der Waals surface area contributed by atoms with E-state index in [1.807, 2.05) is 24.3 Å². The molecule has 1 fully saturated rings. The van der Waals surface area contributed by atoms with Gasteiger partial charge in [-0.05, 0) is 37.6 Å². The van der Waals surface area contributed by atoms with E-state index in [0.29, 0.717) is 11.1 Å². The average Bonchev–Trinajstić information content (AvgIpc) is 3.19. The molecule has 4 aromatic rings. The third kappa shape index (κ3) is 2.83. The number of rotatable bonds is 4. The van der Waals surface area contributed by atoms with Crippen LogP contribution in [-0.4, -0.2) is 15.9 Å². The Kier molecular flexibility index (Phi) is 3.72. The number of H-pyrrole nitrogens is 1. The van der Waals surface area contributed by atoms with Gasteiger partial charge in [0.2, 0.25) is 5.91 Å². The second-order valence-electron chi connectivity index (χ2n) is 7.27. The zero-order valence-corrected chi connectivity index (χ0v) is 15.0. The fourth-order valence-corrected chi connectivity index (χ4v) is 3.59. The van der Waals surface area contributed by atoms with Crippen LogP contribution in [0.4, 0.5) is 8.78 Å². The van der Waals surface area contributed by atoms with Gasteiger partial charge in [0, 0.05) is 23.3 Å². The highest BCUT2D eigenvalue weighted by Crippen LogP contribution is 2.47. The number of halogens is 2. The van der Waals surface area contributed by atoms with Crippen LogP contribution in [0, 0.1) is 17.6 Å². The van der Waals surface area contributed by atoms with Crippen molar-refractivity contribution in [3.05, 3.63) is 65.7 Å². The molecule has 0 saturated heterocycles. The highest BCUT2D eigenvalue weighted by Gasteiger charge is 2.46. The standard InChI is InChI=1S/C21H17F2N3O2/c1-10(18-7-11-6-14(22)15(23)9-19(11)28-18)24-21(27)13-8-12(13)20-25-16-4-2-3-5-17(16)26-20/h2-7,9-10,12-13H,8H2,1H3,(H,24,27)(H,25,26)/t10-,12+,13?/m1/s1. The van der Waals surface area contributed by atoms with Crippen molar-refractivity contribution < 1.29 is 18.0 Å². The minimum absolute atomic E-state index is 0.0680. The summed E-state index contributed by atoms with van der Waals surface area (Å²) in [6.07, 6.45) is 0.731. The summed E-state index contributed by atoms with van der Waals surface area (Å²) in [5, 5.41) is 3.38. The van der Waals surface area contributed by atoms with Gasteiger partial charge in [-0.3, -0.25) is 4.79 Å². The average molecular weight is 381 g/mol. The molecule has 0 bridgehead atoms. The highest BCUT2D eigenvalue weighted by molar-refractivity contribution is 5.84. The van der Waals surface area contributed by atoms with Crippen LogP contribution in [-0.2, 0) is 4.79 Å². The Hall–Kier alpha value is -3.22. The lowest BCUT2D eigenvalue weighted by Gasteiger charge is -2.11. The number of carbonyl (C=O) groups excluding carboxylic acids is 1. The number of nitrogens with zero attached hydrogens (tertiary/aromatic N) is 1. The van der Waals surface area contributed by atoms with Crippen molar-refractivity contribution in [2.75, 3.05) is 0 Å². The van der Waals surface area contributed by atoms with Gasteiger partial charge in [-0.2, -0.15) is 0 Å². The number of para-hydroxylation sites is 2. The maximum absolute atomic E-state index is 13.4. The van der Waals surface area contributed by atoms with Gasteiger partial charge in [-0.25, -0.2) is 13.8 Å². The van der Waals surface area contributed by atoms with E-state index in [1.165, 1.54) is 0 Å². The largest absolute Gasteiger partial charge is 0.459 e. The molecule has 2 heterocycles. The topological polar surface area (TPSA) is 70.9 Å². The number of aromatic nitrogens is 2. The molecular weight excluding hydrogens is 364 g/mol. The molecule has 0 spiro atoms. The Morgan fingerprint density at radius 1 is 1.25 bits per heavy atom.